The minimum atomic E-state index is -0.646. The van der Waals surface area contributed by atoms with Crippen LogP contribution in [0.5, 0.6) is 0 Å². The lowest BCUT2D eigenvalue weighted by molar-refractivity contribution is 0.158. The summed E-state index contributed by atoms with van der Waals surface area (Å²) in [4.78, 5) is 3.99. The van der Waals surface area contributed by atoms with Gasteiger partial charge in [0.1, 0.15) is 18.2 Å². The molecule has 1 heterocycles. The molecule has 0 fully saturated rings. The molecular weight excluding hydrogens is 288 g/mol. The average molecular weight is 305 g/mol. The largest absolute Gasteiger partial charge is 0.393 e. The molecule has 6 heteroatoms. The smallest absolute Gasteiger partial charge is 0.137 e. The topological polar surface area (TPSA) is 74.7 Å². The summed E-state index contributed by atoms with van der Waals surface area (Å²) in [5.74, 6) is 0. The Morgan fingerprint density at radius 2 is 2.14 bits per heavy atom. The number of rotatable bonds is 6. The lowest BCUT2D eigenvalue weighted by atomic mass is 9.82. The van der Waals surface area contributed by atoms with E-state index < -0.39 is 11.6 Å². The quantitative estimate of drug-likeness (QED) is 0.890. The summed E-state index contributed by atoms with van der Waals surface area (Å²) in [6, 6.07) is 9.60. The lowest BCUT2D eigenvalue weighted by Crippen LogP contribution is -2.36. The van der Waals surface area contributed by atoms with Gasteiger partial charge in [0.05, 0.1) is 18.6 Å². The van der Waals surface area contributed by atoms with Crippen molar-refractivity contribution in [3.05, 3.63) is 47.5 Å². The predicted molar refractivity (Wildman–Crippen MR) is 79.7 cm³/mol. The average Bonchev–Trinajstić information content (AvgIpc) is 2.99. The van der Waals surface area contributed by atoms with Gasteiger partial charge in [-0.3, -0.25) is 0 Å². The first-order valence-electron chi connectivity index (χ1n) is 6.74. The summed E-state index contributed by atoms with van der Waals surface area (Å²) in [6.45, 7) is 1.74. The molecule has 0 saturated carbocycles. The molecule has 0 aliphatic rings. The van der Waals surface area contributed by atoms with Crippen LogP contribution in [0.2, 0.25) is 5.02 Å². The summed E-state index contributed by atoms with van der Waals surface area (Å²) in [7, 11) is 0. The Morgan fingerprint density at radius 1 is 1.43 bits per heavy atom. The van der Waals surface area contributed by atoms with Gasteiger partial charge in [0.2, 0.25) is 0 Å². The monoisotopic (exact) mass is 304 g/mol. The Hall–Kier alpha value is -1.90. The van der Waals surface area contributed by atoms with Crippen LogP contribution in [0.1, 0.15) is 31.7 Å². The third-order valence-corrected chi connectivity index (χ3v) is 3.84. The summed E-state index contributed by atoms with van der Waals surface area (Å²) in [5.41, 5.74) is 0.284. The Labute approximate surface area is 128 Å². The van der Waals surface area contributed by atoms with Crippen molar-refractivity contribution in [2.45, 2.75) is 37.8 Å². The van der Waals surface area contributed by atoms with Gasteiger partial charge < -0.3 is 5.11 Å². The second-order valence-corrected chi connectivity index (χ2v) is 5.54. The number of halogens is 1. The van der Waals surface area contributed by atoms with Gasteiger partial charge in [-0.25, -0.2) is 9.67 Å². The van der Waals surface area contributed by atoms with Crippen LogP contribution >= 0.6 is 11.6 Å². The van der Waals surface area contributed by atoms with Crippen molar-refractivity contribution in [2.24, 2.45) is 0 Å². The Balaban J connectivity index is 2.49. The summed E-state index contributed by atoms with van der Waals surface area (Å²) in [6.07, 6.45) is 4.00. The Morgan fingerprint density at radius 3 is 2.67 bits per heavy atom. The molecule has 0 radical (unpaired) electrons. The molecule has 2 aromatic rings. The van der Waals surface area contributed by atoms with Crippen LogP contribution in [-0.2, 0) is 5.54 Å². The van der Waals surface area contributed by atoms with Gasteiger partial charge in [-0.2, -0.15) is 10.4 Å². The Kier molecular flexibility index (Phi) is 4.94. The maximum absolute atomic E-state index is 9.62. The molecule has 2 rings (SSSR count). The van der Waals surface area contributed by atoms with Crippen molar-refractivity contribution < 1.29 is 5.11 Å². The SMILES string of the molecule is C[C@@H](O)CC[C@@](CC#N)(c1ccc(Cl)cc1)n1cncn1. The van der Waals surface area contributed by atoms with Crippen LogP contribution in [0.15, 0.2) is 36.9 Å². The number of aromatic nitrogens is 3. The van der Waals surface area contributed by atoms with E-state index in [1.807, 2.05) is 12.1 Å². The van der Waals surface area contributed by atoms with Crippen molar-refractivity contribution in [3.8, 4) is 6.07 Å². The summed E-state index contributed by atoms with van der Waals surface area (Å²) in [5, 5.41) is 23.8. The molecular formula is C15H17ClN4O. The van der Waals surface area contributed by atoms with Crippen LogP contribution in [0, 0.1) is 11.3 Å². The van der Waals surface area contributed by atoms with Crippen LogP contribution < -0.4 is 0 Å². The molecule has 0 aliphatic carbocycles. The van der Waals surface area contributed by atoms with E-state index in [1.165, 1.54) is 6.33 Å². The van der Waals surface area contributed by atoms with E-state index in [0.717, 1.165) is 5.56 Å². The molecule has 5 nitrogen and oxygen atoms in total. The van der Waals surface area contributed by atoms with E-state index >= 15 is 0 Å². The molecule has 21 heavy (non-hydrogen) atoms. The van der Waals surface area contributed by atoms with Gasteiger partial charge in [-0.05, 0) is 37.5 Å². The minimum Gasteiger partial charge on any atom is -0.393 e. The zero-order valence-corrected chi connectivity index (χ0v) is 12.5. The van der Waals surface area contributed by atoms with Gasteiger partial charge in [0, 0.05) is 5.02 Å². The summed E-state index contributed by atoms with van der Waals surface area (Å²) < 4.78 is 1.70. The van der Waals surface area contributed by atoms with Gasteiger partial charge in [0.15, 0.2) is 0 Å². The number of aliphatic hydroxyl groups excluding tert-OH is 1. The Bertz CT molecular complexity index is 604. The van der Waals surface area contributed by atoms with Crippen molar-refractivity contribution >= 4 is 11.6 Å². The molecule has 1 aromatic carbocycles. The maximum atomic E-state index is 9.62. The second kappa shape index (κ2) is 6.70. The highest BCUT2D eigenvalue weighted by molar-refractivity contribution is 6.30. The third-order valence-electron chi connectivity index (χ3n) is 3.59. The van der Waals surface area contributed by atoms with Gasteiger partial charge in [-0.1, -0.05) is 23.7 Å². The maximum Gasteiger partial charge on any atom is 0.137 e. The van der Waals surface area contributed by atoms with E-state index in [2.05, 4.69) is 16.2 Å². The number of aliphatic hydroxyl groups is 1. The lowest BCUT2D eigenvalue weighted by Gasteiger charge is -2.33. The van der Waals surface area contributed by atoms with Crippen LogP contribution in [0.4, 0.5) is 0 Å². The first-order chi connectivity index (χ1) is 10.1. The van der Waals surface area contributed by atoms with Crippen molar-refractivity contribution in [1.29, 1.82) is 5.26 Å². The highest BCUT2D eigenvalue weighted by atomic mass is 35.5. The van der Waals surface area contributed by atoms with Gasteiger partial charge in [-0.15, -0.1) is 0 Å². The second-order valence-electron chi connectivity index (χ2n) is 5.10. The number of nitrogens with zero attached hydrogens (tertiary/aromatic N) is 4. The standard InChI is InChI=1S/C15H17ClN4O/c1-12(21)6-7-15(8-9-17,20-11-18-10-19-20)13-2-4-14(16)5-3-13/h2-5,10-12,21H,6-8H2,1H3/t12-,15-/m1/s1. The zero-order valence-electron chi connectivity index (χ0n) is 11.8. The predicted octanol–water partition coefficient (Wildman–Crippen LogP) is 2.75. The molecule has 0 unspecified atom stereocenters. The van der Waals surface area contributed by atoms with Crippen LogP contribution in [-0.4, -0.2) is 26.0 Å². The number of benzene rings is 1. The number of hydrogen-bond acceptors (Lipinski definition) is 4. The van der Waals surface area contributed by atoms with Gasteiger partial charge in [0.25, 0.3) is 0 Å². The first-order valence-corrected chi connectivity index (χ1v) is 7.12. The van der Waals surface area contributed by atoms with E-state index in [-0.39, 0.29) is 6.42 Å². The molecule has 1 N–H and O–H groups in total. The van der Waals surface area contributed by atoms with E-state index in [0.29, 0.717) is 17.9 Å². The molecule has 0 amide bonds. The van der Waals surface area contributed by atoms with Crippen molar-refractivity contribution in [1.82, 2.24) is 14.8 Å². The zero-order chi connectivity index (χ0) is 15.3. The van der Waals surface area contributed by atoms with E-state index in [9.17, 15) is 10.4 Å². The van der Waals surface area contributed by atoms with Crippen LogP contribution in [0.25, 0.3) is 0 Å². The number of hydrogen-bond donors (Lipinski definition) is 1. The molecule has 1 aromatic heterocycles. The molecule has 0 aliphatic heterocycles. The molecule has 110 valence electrons. The molecule has 0 bridgehead atoms. The molecule has 0 saturated heterocycles. The molecule has 0 spiro atoms. The first kappa shape index (κ1) is 15.5. The third kappa shape index (κ3) is 3.41. The van der Waals surface area contributed by atoms with E-state index in [1.54, 1.807) is 30.1 Å². The van der Waals surface area contributed by atoms with Crippen LogP contribution in [0.3, 0.4) is 0 Å². The molecule has 2 atom stereocenters. The fraction of sp³-hybridized carbons (Fsp3) is 0.400. The number of nitriles is 1. The fourth-order valence-corrected chi connectivity index (χ4v) is 2.56. The van der Waals surface area contributed by atoms with Crippen molar-refractivity contribution in [2.75, 3.05) is 0 Å². The fourth-order valence-electron chi connectivity index (χ4n) is 2.43. The summed E-state index contributed by atoms with van der Waals surface area (Å²) >= 11 is 5.95. The normalized spacial score (nSPS) is 15.1. The van der Waals surface area contributed by atoms with Crippen molar-refractivity contribution in [3.63, 3.8) is 0 Å². The van der Waals surface area contributed by atoms with E-state index in [4.69, 9.17) is 11.6 Å². The highest BCUT2D eigenvalue weighted by Crippen LogP contribution is 2.35. The minimum absolute atomic E-state index is 0.241. The van der Waals surface area contributed by atoms with Gasteiger partial charge >= 0.3 is 0 Å². The highest BCUT2D eigenvalue weighted by Gasteiger charge is 2.35.